The van der Waals surface area contributed by atoms with E-state index in [1.807, 2.05) is 21.1 Å². The molecule has 0 rings (SSSR count). The molecule has 0 aromatic heterocycles. The van der Waals surface area contributed by atoms with E-state index in [4.69, 9.17) is 4.52 Å². The predicted octanol–water partition coefficient (Wildman–Crippen LogP) is 1.16. The topological polar surface area (TPSA) is 43.4 Å². The summed E-state index contributed by atoms with van der Waals surface area (Å²) < 4.78 is 16.5. The number of rotatable bonds is 6. The molecule has 74 valence electrons. The molecule has 0 fully saturated rings. The van der Waals surface area contributed by atoms with Crippen molar-refractivity contribution in [1.82, 2.24) is 0 Å². The second kappa shape index (κ2) is 5.22. The number of allylic oxidation sites excluding steroid dienone is 1. The van der Waals surface area contributed by atoms with Gasteiger partial charge in [0.1, 0.15) is 6.54 Å². The Morgan fingerprint density at radius 2 is 2.08 bits per heavy atom. The van der Waals surface area contributed by atoms with Gasteiger partial charge < -0.3 is 4.48 Å². The molecule has 0 radical (unpaired) electrons. The minimum Gasteiger partial charge on any atom is -0.329 e. The van der Waals surface area contributed by atoms with Gasteiger partial charge in [-0.3, -0.25) is 0 Å². The lowest BCUT2D eigenvalue weighted by molar-refractivity contribution is -0.870. The van der Waals surface area contributed by atoms with Crippen LogP contribution in [0, 0.1) is 0 Å². The van der Waals surface area contributed by atoms with E-state index in [1.54, 1.807) is 0 Å². The molecule has 1 atom stereocenters. The summed E-state index contributed by atoms with van der Waals surface area (Å²) in [5.74, 6) is 0. The van der Waals surface area contributed by atoms with Crippen molar-refractivity contribution in [3.8, 4) is 0 Å². The van der Waals surface area contributed by atoms with Crippen LogP contribution in [0.15, 0.2) is 12.7 Å². The molecule has 0 spiro atoms. The normalized spacial score (nSPS) is 12.4. The van der Waals surface area contributed by atoms with E-state index in [0.717, 1.165) is 6.08 Å². The molecule has 5 heteroatoms. The quantitative estimate of drug-likeness (QED) is 0.371. The Bertz CT molecular complexity index is 220. The second-order valence-electron chi connectivity index (χ2n) is 3.65. The molecule has 0 amide bonds. The monoisotopic (exact) mass is 205 g/mol. The van der Waals surface area contributed by atoms with Gasteiger partial charge in [0.05, 0.1) is 21.1 Å². The number of carbonyl (C=O) groups excluding carboxylic acids is 1. The molecule has 0 aromatic carbocycles. The molecule has 1 unspecified atom stereocenters. The van der Waals surface area contributed by atoms with Crippen LogP contribution in [-0.2, 0) is 13.9 Å². The Morgan fingerprint density at radius 3 is 2.46 bits per heavy atom. The molecular formula is C8H16NO3P+2. The van der Waals surface area contributed by atoms with E-state index >= 15 is 0 Å². The number of quaternary nitrogens is 1. The van der Waals surface area contributed by atoms with Gasteiger partial charge in [-0.15, -0.1) is 4.52 Å². The van der Waals surface area contributed by atoms with Crippen LogP contribution in [0.25, 0.3) is 0 Å². The largest absolute Gasteiger partial charge is 0.592 e. The van der Waals surface area contributed by atoms with Crippen LogP contribution in [-0.4, -0.2) is 44.3 Å². The van der Waals surface area contributed by atoms with Crippen molar-refractivity contribution in [2.75, 3.05) is 34.3 Å². The number of carbonyl (C=O) groups is 1. The number of hydrogen-bond acceptors (Lipinski definition) is 3. The molecule has 0 aliphatic carbocycles. The van der Waals surface area contributed by atoms with Gasteiger partial charge in [0, 0.05) is 6.08 Å². The van der Waals surface area contributed by atoms with Crippen LogP contribution in [0.4, 0.5) is 0 Å². The van der Waals surface area contributed by atoms with E-state index in [2.05, 4.69) is 6.58 Å². The zero-order valence-corrected chi connectivity index (χ0v) is 9.21. The van der Waals surface area contributed by atoms with Crippen LogP contribution in [0.5, 0.6) is 0 Å². The predicted molar refractivity (Wildman–Crippen MR) is 51.7 cm³/mol. The summed E-state index contributed by atoms with van der Waals surface area (Å²) in [6, 6.07) is 0. The zero-order valence-electron chi connectivity index (χ0n) is 8.32. The van der Waals surface area contributed by atoms with E-state index in [1.165, 1.54) is 0 Å². The maximum absolute atomic E-state index is 11.0. The molecule has 0 aliphatic rings. The first-order valence-corrected chi connectivity index (χ1v) is 5.11. The maximum Gasteiger partial charge on any atom is 0.592 e. The Labute approximate surface area is 79.6 Å². The molecule has 0 aromatic rings. The highest BCUT2D eigenvalue weighted by atomic mass is 31.1. The third kappa shape index (κ3) is 6.58. The highest BCUT2D eigenvalue weighted by Gasteiger charge is 2.28. The van der Waals surface area contributed by atoms with Crippen molar-refractivity contribution in [2.45, 2.75) is 0 Å². The van der Waals surface area contributed by atoms with Gasteiger partial charge in [-0.25, -0.2) is 4.79 Å². The van der Waals surface area contributed by atoms with E-state index < -0.39 is 13.6 Å². The van der Waals surface area contributed by atoms with Gasteiger partial charge in [0.2, 0.25) is 0 Å². The number of likely N-dealkylation sites (N-methyl/N-ethyl adjacent to an activating group) is 1. The van der Waals surface area contributed by atoms with E-state index in [-0.39, 0.29) is 0 Å². The number of hydrogen-bond donors (Lipinski definition) is 0. The molecule has 4 nitrogen and oxygen atoms in total. The summed E-state index contributed by atoms with van der Waals surface area (Å²) in [4.78, 5) is 10.7. The highest BCUT2D eigenvalue weighted by Crippen LogP contribution is 2.23. The minimum absolute atomic E-state index is 0.318. The van der Waals surface area contributed by atoms with Gasteiger partial charge in [-0.1, -0.05) is 6.58 Å². The second-order valence-corrected chi connectivity index (χ2v) is 4.86. The first-order chi connectivity index (χ1) is 5.87. The van der Waals surface area contributed by atoms with Crippen LogP contribution in [0.1, 0.15) is 0 Å². The first kappa shape index (κ1) is 12.4. The zero-order chi connectivity index (χ0) is 10.5. The third-order valence-electron chi connectivity index (χ3n) is 1.33. The lowest BCUT2D eigenvalue weighted by Gasteiger charge is -2.21. The molecule has 0 heterocycles. The molecular weight excluding hydrogens is 189 g/mol. The summed E-state index contributed by atoms with van der Waals surface area (Å²) in [6.45, 7) is 4.25. The van der Waals surface area contributed by atoms with Crippen molar-refractivity contribution in [3.05, 3.63) is 12.7 Å². The summed E-state index contributed by atoms with van der Waals surface area (Å²) >= 11 is 0. The van der Waals surface area contributed by atoms with E-state index in [9.17, 15) is 9.36 Å². The van der Waals surface area contributed by atoms with Gasteiger partial charge in [-0.05, 0) is 4.57 Å². The fourth-order valence-corrected chi connectivity index (χ4v) is 1.06. The fourth-order valence-electron chi connectivity index (χ4n) is 0.536. The average Bonchev–Trinajstić information content (AvgIpc) is 2.00. The standard InChI is InChI=1S/C8H16NO3P/c1-5-8(10)13(11)12-7-6-9(2,3)4/h5H,1,6-7H2,2-4H3/q+2. The molecule has 0 aliphatic heterocycles. The van der Waals surface area contributed by atoms with Gasteiger partial charge in [0.25, 0.3) is 0 Å². The summed E-state index contributed by atoms with van der Waals surface area (Å²) in [5, 5.41) is 0. The van der Waals surface area contributed by atoms with Crippen molar-refractivity contribution < 1.29 is 18.4 Å². The van der Waals surface area contributed by atoms with Crippen LogP contribution < -0.4 is 0 Å². The van der Waals surface area contributed by atoms with Crippen molar-refractivity contribution >= 4 is 13.6 Å². The lowest BCUT2D eigenvalue weighted by atomic mass is 10.5. The first-order valence-electron chi connectivity index (χ1n) is 3.94. The summed E-state index contributed by atoms with van der Waals surface area (Å²) in [6.07, 6.45) is 1.02. The highest BCUT2D eigenvalue weighted by molar-refractivity contribution is 7.59. The van der Waals surface area contributed by atoms with Crippen molar-refractivity contribution in [2.24, 2.45) is 0 Å². The molecule has 0 saturated carbocycles. The van der Waals surface area contributed by atoms with Crippen molar-refractivity contribution in [1.29, 1.82) is 0 Å². The number of nitrogens with zero attached hydrogens (tertiary/aromatic N) is 1. The molecule has 0 bridgehead atoms. The van der Waals surface area contributed by atoms with Gasteiger partial charge in [-0.2, -0.15) is 0 Å². The van der Waals surface area contributed by atoms with Crippen LogP contribution in [0.3, 0.4) is 0 Å². The Hall–Kier alpha value is -0.570. The Kier molecular flexibility index (Phi) is 4.99. The third-order valence-corrected chi connectivity index (χ3v) is 2.28. The fraction of sp³-hybridized carbons (Fsp3) is 0.625. The van der Waals surface area contributed by atoms with E-state index in [0.29, 0.717) is 17.6 Å². The Balaban J connectivity index is 3.72. The Morgan fingerprint density at radius 1 is 1.54 bits per heavy atom. The average molecular weight is 205 g/mol. The van der Waals surface area contributed by atoms with Gasteiger partial charge in [0.15, 0.2) is 6.61 Å². The van der Waals surface area contributed by atoms with Crippen LogP contribution in [0.2, 0.25) is 0 Å². The molecule has 0 saturated heterocycles. The smallest absolute Gasteiger partial charge is 0.329 e. The van der Waals surface area contributed by atoms with Gasteiger partial charge >= 0.3 is 13.6 Å². The maximum atomic E-state index is 11.0. The minimum atomic E-state index is -2.21. The molecule has 13 heavy (non-hydrogen) atoms. The summed E-state index contributed by atoms with van der Waals surface area (Å²) in [5.41, 5.74) is -0.545. The lowest BCUT2D eigenvalue weighted by Crippen LogP contribution is -2.37. The SMILES string of the molecule is C=CC(=O)[P+](=O)OCC[N+](C)(C)C. The summed E-state index contributed by atoms with van der Waals surface area (Å²) in [7, 11) is 3.76. The van der Waals surface area contributed by atoms with Crippen LogP contribution >= 0.6 is 8.03 Å². The van der Waals surface area contributed by atoms with Crippen molar-refractivity contribution in [3.63, 3.8) is 0 Å². The molecule has 0 N–H and O–H groups in total.